The van der Waals surface area contributed by atoms with E-state index in [2.05, 4.69) is 14.1 Å². The summed E-state index contributed by atoms with van der Waals surface area (Å²) in [5.74, 6) is -3.63. The van der Waals surface area contributed by atoms with Crippen molar-refractivity contribution in [3.05, 3.63) is 0 Å². The van der Waals surface area contributed by atoms with Gasteiger partial charge in [0.05, 0.1) is 5.92 Å². The molecule has 2 bridgehead atoms. The van der Waals surface area contributed by atoms with E-state index in [1.54, 1.807) is 0 Å². The summed E-state index contributed by atoms with van der Waals surface area (Å²) in [6.45, 7) is -1.05. The average molecular weight is 369 g/mol. The topological polar surface area (TPSA) is 120 Å². The van der Waals surface area contributed by atoms with Crippen molar-refractivity contribution < 1.29 is 52.0 Å². The Labute approximate surface area is 137 Å². The summed E-state index contributed by atoms with van der Waals surface area (Å²) < 4.78 is 43.9. The van der Waals surface area contributed by atoms with Gasteiger partial charge in [-0.15, -0.1) is 0 Å². The molecule has 134 valence electrons. The second kappa shape index (κ2) is 6.43. The number of esters is 3. The fourth-order valence-electron chi connectivity index (χ4n) is 3.55. The van der Waals surface area contributed by atoms with Gasteiger partial charge in [-0.3, -0.25) is 9.83 Å². The number of hydrogen-bond acceptors (Lipinski definition) is 10. The van der Waals surface area contributed by atoms with Crippen LogP contribution in [0.2, 0.25) is 0 Å². The molecule has 5 atom stereocenters. The quantitative estimate of drug-likeness (QED) is 0.191. The van der Waals surface area contributed by atoms with Crippen molar-refractivity contribution in [2.45, 2.75) is 30.3 Å². The molecule has 0 radical (unpaired) electrons. The van der Waals surface area contributed by atoms with Gasteiger partial charge in [0.25, 0.3) is 0 Å². The molecule has 3 aliphatic rings. The van der Waals surface area contributed by atoms with E-state index in [9.17, 15) is 28.4 Å². The van der Waals surface area contributed by atoms with Crippen molar-refractivity contribution >= 4 is 30.0 Å². The van der Waals surface area contributed by atoms with E-state index in [0.717, 1.165) is 0 Å². The summed E-state index contributed by atoms with van der Waals surface area (Å²) in [6.07, 6.45) is 0.0652. The van der Waals surface area contributed by atoms with Gasteiger partial charge in [-0.05, 0) is 12.8 Å². The van der Waals surface area contributed by atoms with Gasteiger partial charge in [0, 0.05) is 11.8 Å². The van der Waals surface area contributed by atoms with Gasteiger partial charge in [0.2, 0.25) is 0 Å². The lowest BCUT2D eigenvalue weighted by atomic mass is 9.88. The molecule has 0 N–H and O–H groups in total. The van der Waals surface area contributed by atoms with E-state index in [0.29, 0.717) is 12.8 Å². The Bertz CT molecular complexity index is 557. The molecule has 12 heteroatoms. The van der Waals surface area contributed by atoms with Gasteiger partial charge in [-0.2, -0.15) is 13.1 Å². The highest BCUT2D eigenvalue weighted by atomic mass is 32.2. The molecule has 5 unspecified atom stereocenters. The number of rotatable bonds is 7. The summed E-state index contributed by atoms with van der Waals surface area (Å²) in [4.78, 5) is 34.4. The molecule has 2 aliphatic carbocycles. The highest BCUT2D eigenvalue weighted by Crippen LogP contribution is 2.55. The predicted molar refractivity (Wildman–Crippen MR) is 65.1 cm³/mol. The standard InChI is InChI=1S/C12H12F2O9S/c13-12(14,24-23-22-18)11(17)19-3-7(15)20-8-4-1-5-6(2-4)10(16)21-9(5)8/h4-6,8-9,18H,1-3H2/p-1. The van der Waals surface area contributed by atoms with Crippen LogP contribution in [0, 0.1) is 17.8 Å². The van der Waals surface area contributed by atoms with E-state index in [-0.39, 0.29) is 23.7 Å². The molecule has 0 aromatic rings. The Morgan fingerprint density at radius 3 is 2.83 bits per heavy atom. The molecule has 1 saturated heterocycles. The van der Waals surface area contributed by atoms with Gasteiger partial charge in [0.1, 0.15) is 24.3 Å². The van der Waals surface area contributed by atoms with Crippen LogP contribution >= 0.6 is 12.0 Å². The average Bonchev–Trinajstić information content (AvgIpc) is 3.15. The summed E-state index contributed by atoms with van der Waals surface area (Å²) in [5.41, 5.74) is 0. The third-order valence-corrected chi connectivity index (χ3v) is 4.91. The van der Waals surface area contributed by atoms with Gasteiger partial charge in [-0.1, -0.05) is 0 Å². The maximum Gasteiger partial charge on any atom is 0.415 e. The minimum Gasteiger partial charge on any atom is -0.691 e. The SMILES string of the molecule is O=C(COC(=O)C(F)(F)SOO[O-])OC1C2CC3C(=O)OC1C3C2. The first kappa shape index (κ1) is 17.3. The molecular formula is C12H11F2O9S-. The molecule has 24 heavy (non-hydrogen) atoms. The highest BCUT2D eigenvalue weighted by Gasteiger charge is 2.63. The lowest BCUT2D eigenvalue weighted by molar-refractivity contribution is -0.777. The molecule has 1 aliphatic heterocycles. The van der Waals surface area contributed by atoms with Crippen molar-refractivity contribution in [1.29, 1.82) is 0 Å². The second-order valence-electron chi connectivity index (χ2n) is 5.67. The van der Waals surface area contributed by atoms with Crippen molar-refractivity contribution in [3.63, 3.8) is 0 Å². The maximum atomic E-state index is 13.1. The van der Waals surface area contributed by atoms with Crippen LogP contribution in [0.4, 0.5) is 8.78 Å². The first-order valence-electron chi connectivity index (χ1n) is 6.93. The number of alkyl halides is 2. The van der Waals surface area contributed by atoms with Gasteiger partial charge in [0.15, 0.2) is 6.61 Å². The largest absolute Gasteiger partial charge is 0.691 e. The van der Waals surface area contributed by atoms with Crippen LogP contribution in [-0.4, -0.2) is 42.0 Å². The number of carbonyl (C=O) groups excluding carboxylic acids is 3. The fourth-order valence-corrected chi connectivity index (χ4v) is 3.79. The Kier molecular flexibility index (Phi) is 4.64. The fraction of sp³-hybridized carbons (Fsp3) is 0.750. The first-order valence-corrected chi connectivity index (χ1v) is 7.67. The predicted octanol–water partition coefficient (Wildman–Crippen LogP) is -0.513. The molecule has 3 fully saturated rings. The summed E-state index contributed by atoms with van der Waals surface area (Å²) >= 11 is -0.861. The lowest BCUT2D eigenvalue weighted by Crippen LogP contribution is -2.37. The van der Waals surface area contributed by atoms with Crippen LogP contribution in [-0.2, 0) is 38.0 Å². The smallest absolute Gasteiger partial charge is 0.415 e. The monoisotopic (exact) mass is 369 g/mol. The number of hydrogen-bond donors (Lipinski definition) is 0. The number of fused-ring (bicyclic) bond motifs is 1. The van der Waals surface area contributed by atoms with Crippen LogP contribution in [0.5, 0.6) is 0 Å². The molecule has 0 spiro atoms. The Balaban J connectivity index is 1.47. The van der Waals surface area contributed by atoms with E-state index in [1.807, 2.05) is 0 Å². The lowest BCUT2D eigenvalue weighted by Gasteiger charge is -2.25. The van der Waals surface area contributed by atoms with Gasteiger partial charge >= 0.3 is 23.2 Å². The van der Waals surface area contributed by atoms with Crippen molar-refractivity contribution in [1.82, 2.24) is 0 Å². The molecule has 1 heterocycles. The van der Waals surface area contributed by atoms with Gasteiger partial charge in [-0.25, -0.2) is 9.59 Å². The number of halogens is 2. The molecule has 0 aromatic heterocycles. The minimum atomic E-state index is -4.23. The van der Waals surface area contributed by atoms with Crippen LogP contribution in [0.25, 0.3) is 0 Å². The van der Waals surface area contributed by atoms with Crippen LogP contribution in [0.1, 0.15) is 12.8 Å². The molecule has 3 rings (SSSR count). The molecule has 2 saturated carbocycles. The Morgan fingerprint density at radius 2 is 2.12 bits per heavy atom. The minimum absolute atomic E-state index is 0.00724. The van der Waals surface area contributed by atoms with E-state index >= 15 is 0 Å². The van der Waals surface area contributed by atoms with Crippen LogP contribution in [0.15, 0.2) is 0 Å². The number of carbonyl (C=O) groups is 3. The van der Waals surface area contributed by atoms with Gasteiger partial charge < -0.3 is 19.5 Å². The molecule has 9 nitrogen and oxygen atoms in total. The second-order valence-corrected chi connectivity index (χ2v) is 6.49. The zero-order chi connectivity index (χ0) is 17.5. The zero-order valence-corrected chi connectivity index (χ0v) is 12.7. The van der Waals surface area contributed by atoms with E-state index in [1.165, 1.54) is 0 Å². The third kappa shape index (κ3) is 3.06. The first-order chi connectivity index (χ1) is 11.3. The maximum absolute atomic E-state index is 13.1. The van der Waals surface area contributed by atoms with Crippen LogP contribution in [0.3, 0.4) is 0 Å². The summed E-state index contributed by atoms with van der Waals surface area (Å²) in [7, 11) is 0. The zero-order valence-electron chi connectivity index (χ0n) is 11.8. The summed E-state index contributed by atoms with van der Waals surface area (Å²) in [5, 5.41) is 7.94. The molecule has 0 aromatic carbocycles. The molecular weight excluding hydrogens is 358 g/mol. The summed E-state index contributed by atoms with van der Waals surface area (Å²) in [6, 6.07) is 0. The van der Waals surface area contributed by atoms with Crippen molar-refractivity contribution in [2.75, 3.05) is 6.61 Å². The normalized spacial score (nSPS) is 33.5. The van der Waals surface area contributed by atoms with E-state index < -0.39 is 48.1 Å². The number of ether oxygens (including phenoxy) is 3. The third-order valence-electron chi connectivity index (χ3n) is 4.41. The Morgan fingerprint density at radius 1 is 1.38 bits per heavy atom. The van der Waals surface area contributed by atoms with Crippen molar-refractivity contribution in [3.8, 4) is 0 Å². The van der Waals surface area contributed by atoms with E-state index in [4.69, 9.17) is 9.47 Å². The highest BCUT2D eigenvalue weighted by molar-refractivity contribution is 7.96. The van der Waals surface area contributed by atoms with Crippen molar-refractivity contribution in [2.24, 2.45) is 17.8 Å². The molecule has 0 amide bonds. The van der Waals surface area contributed by atoms with Crippen LogP contribution < -0.4 is 5.26 Å². The Hall–Kier alpha value is -1.50.